The lowest BCUT2D eigenvalue weighted by Crippen LogP contribution is -2.52. The van der Waals surface area contributed by atoms with Gasteiger partial charge in [0.1, 0.15) is 0 Å². The maximum atomic E-state index is 11.3. The molecular formula is C19H39N3O. The Morgan fingerprint density at radius 1 is 1.22 bits per heavy atom. The number of aliphatic hydroxyl groups is 1. The van der Waals surface area contributed by atoms with Gasteiger partial charge in [-0.3, -0.25) is 5.01 Å². The summed E-state index contributed by atoms with van der Waals surface area (Å²) >= 11 is 0. The van der Waals surface area contributed by atoms with E-state index in [1.165, 1.54) is 0 Å². The molecule has 0 aliphatic heterocycles. The van der Waals surface area contributed by atoms with Crippen molar-refractivity contribution in [3.8, 4) is 0 Å². The number of hydrogen-bond acceptors (Lipinski definition) is 4. The molecule has 0 radical (unpaired) electrons. The van der Waals surface area contributed by atoms with Crippen LogP contribution in [-0.2, 0) is 0 Å². The lowest BCUT2D eigenvalue weighted by atomic mass is 9.68. The fraction of sp³-hybridized carbons (Fsp3) is 0.842. The first-order valence-electron chi connectivity index (χ1n) is 9.14. The van der Waals surface area contributed by atoms with Crippen molar-refractivity contribution in [2.24, 2.45) is 10.5 Å². The van der Waals surface area contributed by atoms with Crippen molar-refractivity contribution in [2.45, 2.75) is 78.7 Å². The minimum absolute atomic E-state index is 0.115. The number of hydrogen-bond donors (Lipinski definition) is 2. The summed E-state index contributed by atoms with van der Waals surface area (Å²) in [6.07, 6.45) is 7.92. The van der Waals surface area contributed by atoms with Gasteiger partial charge in [-0.15, -0.1) is 0 Å². The van der Waals surface area contributed by atoms with Crippen LogP contribution in [0.25, 0.3) is 0 Å². The summed E-state index contributed by atoms with van der Waals surface area (Å²) in [5, 5.41) is 20.6. The van der Waals surface area contributed by atoms with Gasteiger partial charge >= 0.3 is 0 Å². The first-order valence-corrected chi connectivity index (χ1v) is 9.14. The van der Waals surface area contributed by atoms with E-state index in [0.717, 1.165) is 44.3 Å². The molecule has 0 saturated heterocycles. The standard InChI is InChI=1S/C19H39N3O/c1-8-17(14-12-13-15-20-6)22(21-7)16-19(23,11-4)18(5,9-2)10-3/h8,20,23H,7,9-16H2,1-6H3/b17-8-/t19-/m1/s1. The Morgan fingerprint density at radius 2 is 1.83 bits per heavy atom. The number of hydrazone groups is 1. The van der Waals surface area contributed by atoms with E-state index in [-0.39, 0.29) is 5.41 Å². The molecule has 0 rings (SSSR count). The van der Waals surface area contributed by atoms with E-state index in [1.807, 2.05) is 19.0 Å². The van der Waals surface area contributed by atoms with Crippen molar-refractivity contribution in [2.75, 3.05) is 20.1 Å². The molecular weight excluding hydrogens is 286 g/mol. The smallest absolute Gasteiger partial charge is 0.0893 e. The summed E-state index contributed by atoms with van der Waals surface area (Å²) < 4.78 is 0. The lowest BCUT2D eigenvalue weighted by Gasteiger charge is -2.46. The van der Waals surface area contributed by atoms with E-state index in [1.54, 1.807) is 0 Å². The quantitative estimate of drug-likeness (QED) is 0.304. The van der Waals surface area contributed by atoms with Gasteiger partial charge in [0.15, 0.2) is 0 Å². The molecule has 4 heteroatoms. The predicted octanol–water partition coefficient (Wildman–Crippen LogP) is 4.16. The highest BCUT2D eigenvalue weighted by atomic mass is 16.3. The van der Waals surface area contributed by atoms with Crippen molar-refractivity contribution >= 4 is 6.72 Å². The highest BCUT2D eigenvalue weighted by Crippen LogP contribution is 2.41. The Hall–Kier alpha value is -0.870. The van der Waals surface area contributed by atoms with Crippen molar-refractivity contribution in [3.63, 3.8) is 0 Å². The Bertz CT molecular complexity index is 364. The topological polar surface area (TPSA) is 47.9 Å². The second kappa shape index (κ2) is 10.8. The number of rotatable bonds is 13. The van der Waals surface area contributed by atoms with E-state index < -0.39 is 5.60 Å². The zero-order valence-corrected chi connectivity index (χ0v) is 16.3. The van der Waals surface area contributed by atoms with E-state index in [4.69, 9.17) is 0 Å². The van der Waals surface area contributed by atoms with Crippen molar-refractivity contribution in [3.05, 3.63) is 11.8 Å². The highest BCUT2D eigenvalue weighted by Gasteiger charge is 2.44. The van der Waals surface area contributed by atoms with Crippen LogP contribution in [0.1, 0.15) is 73.1 Å². The van der Waals surface area contributed by atoms with Crippen LogP contribution in [0.15, 0.2) is 16.9 Å². The van der Waals surface area contributed by atoms with Gasteiger partial charge in [-0.25, -0.2) is 0 Å². The first-order chi connectivity index (χ1) is 10.9. The summed E-state index contributed by atoms with van der Waals surface area (Å²) in [7, 11) is 1.98. The zero-order valence-electron chi connectivity index (χ0n) is 16.3. The van der Waals surface area contributed by atoms with Gasteiger partial charge in [0.2, 0.25) is 0 Å². The minimum Gasteiger partial charge on any atom is -0.387 e. The summed E-state index contributed by atoms with van der Waals surface area (Å²) in [5.41, 5.74) is 0.268. The maximum absolute atomic E-state index is 11.3. The highest BCUT2D eigenvalue weighted by molar-refractivity contribution is 5.24. The van der Waals surface area contributed by atoms with Gasteiger partial charge in [-0.2, -0.15) is 5.10 Å². The molecule has 0 unspecified atom stereocenters. The van der Waals surface area contributed by atoms with Crippen LogP contribution < -0.4 is 5.32 Å². The third-order valence-corrected chi connectivity index (χ3v) is 5.63. The lowest BCUT2D eigenvalue weighted by molar-refractivity contribution is -0.0988. The molecule has 0 aromatic rings. The molecule has 1 atom stereocenters. The molecule has 2 N–H and O–H groups in total. The van der Waals surface area contributed by atoms with Crippen LogP contribution in [0.2, 0.25) is 0 Å². The second-order valence-corrected chi connectivity index (χ2v) is 6.69. The third-order valence-electron chi connectivity index (χ3n) is 5.63. The number of nitrogens with one attached hydrogen (secondary N) is 1. The predicted molar refractivity (Wildman–Crippen MR) is 102 cm³/mol. The Kier molecular flexibility index (Phi) is 10.4. The molecule has 0 amide bonds. The zero-order chi connectivity index (χ0) is 17.9. The van der Waals surface area contributed by atoms with Crippen molar-refractivity contribution < 1.29 is 5.11 Å². The Labute approximate surface area is 144 Å². The molecule has 0 aliphatic carbocycles. The third kappa shape index (κ3) is 5.92. The van der Waals surface area contributed by atoms with Crippen LogP contribution in [0.4, 0.5) is 0 Å². The van der Waals surface area contributed by atoms with E-state index in [0.29, 0.717) is 13.0 Å². The van der Waals surface area contributed by atoms with Crippen molar-refractivity contribution in [1.29, 1.82) is 0 Å². The van der Waals surface area contributed by atoms with E-state index in [9.17, 15) is 5.11 Å². The van der Waals surface area contributed by atoms with Gasteiger partial charge in [0.05, 0.1) is 12.1 Å². The minimum atomic E-state index is -0.767. The summed E-state index contributed by atoms with van der Waals surface area (Å²) in [6, 6.07) is 0. The number of unbranched alkanes of at least 4 members (excludes halogenated alkanes) is 1. The summed E-state index contributed by atoms with van der Waals surface area (Å²) in [5.74, 6) is 0. The van der Waals surface area contributed by atoms with Crippen molar-refractivity contribution in [1.82, 2.24) is 10.3 Å². The molecule has 0 fully saturated rings. The fourth-order valence-electron chi connectivity index (χ4n) is 3.16. The molecule has 4 nitrogen and oxygen atoms in total. The molecule has 0 saturated carbocycles. The molecule has 0 spiro atoms. The van der Waals surface area contributed by atoms with Gasteiger partial charge < -0.3 is 10.4 Å². The SMILES string of the molecule is C=NN(C[C@](O)(CC)C(C)(CC)CC)/C(=C\C)CCCCNC. The normalized spacial score (nSPS) is 15.3. The molecule has 0 aromatic carbocycles. The largest absolute Gasteiger partial charge is 0.387 e. The summed E-state index contributed by atoms with van der Waals surface area (Å²) in [4.78, 5) is 0. The molecule has 0 aromatic heterocycles. The van der Waals surface area contributed by atoms with E-state index >= 15 is 0 Å². The average Bonchev–Trinajstić information content (AvgIpc) is 2.59. The number of allylic oxidation sites excluding steroid dienone is 2. The molecule has 0 heterocycles. The summed E-state index contributed by atoms with van der Waals surface area (Å²) in [6.45, 7) is 15.9. The van der Waals surface area contributed by atoms with Gasteiger partial charge in [0.25, 0.3) is 0 Å². The van der Waals surface area contributed by atoms with E-state index in [2.05, 4.69) is 50.9 Å². The molecule has 0 bridgehead atoms. The van der Waals surface area contributed by atoms with Crippen LogP contribution >= 0.6 is 0 Å². The van der Waals surface area contributed by atoms with Crippen LogP contribution in [0.5, 0.6) is 0 Å². The monoisotopic (exact) mass is 325 g/mol. The molecule has 136 valence electrons. The van der Waals surface area contributed by atoms with Crippen LogP contribution in [0, 0.1) is 5.41 Å². The fourth-order valence-corrected chi connectivity index (χ4v) is 3.16. The number of nitrogens with zero attached hydrogens (tertiary/aromatic N) is 2. The Morgan fingerprint density at radius 3 is 2.22 bits per heavy atom. The molecule has 23 heavy (non-hydrogen) atoms. The maximum Gasteiger partial charge on any atom is 0.0893 e. The first kappa shape index (κ1) is 22.1. The van der Waals surface area contributed by atoms with Gasteiger partial charge in [-0.05, 0) is 64.5 Å². The molecule has 0 aliphatic rings. The Balaban J connectivity index is 5.10. The average molecular weight is 326 g/mol. The van der Waals surface area contributed by atoms with Gasteiger partial charge in [-0.1, -0.05) is 33.8 Å². The van der Waals surface area contributed by atoms with Crippen LogP contribution in [0.3, 0.4) is 0 Å². The second-order valence-electron chi connectivity index (χ2n) is 6.69. The van der Waals surface area contributed by atoms with Crippen LogP contribution in [-0.4, -0.2) is 42.6 Å². The van der Waals surface area contributed by atoms with Gasteiger partial charge in [0, 0.05) is 12.4 Å².